The fraction of sp³-hybridized carbons (Fsp3) is 0.0667. The third-order valence-corrected chi connectivity index (χ3v) is 2.81. The first-order valence-corrected chi connectivity index (χ1v) is 5.80. The Hall–Kier alpha value is -1.73. The van der Waals surface area contributed by atoms with Gasteiger partial charge in [0.05, 0.1) is 5.02 Å². The van der Waals surface area contributed by atoms with Crippen LogP contribution in [0.2, 0.25) is 5.02 Å². The van der Waals surface area contributed by atoms with Crippen LogP contribution in [-0.2, 0) is 6.42 Å². The maximum atomic E-state index is 6.26. The molecule has 0 aliphatic carbocycles. The predicted molar refractivity (Wildman–Crippen MR) is 71.9 cm³/mol. The number of hydrogen-bond donors (Lipinski definition) is 0. The van der Waals surface area contributed by atoms with Crippen LogP contribution < -0.4 is 4.74 Å². The first kappa shape index (κ1) is 11.7. The summed E-state index contributed by atoms with van der Waals surface area (Å²) in [6, 6.07) is 15.4. The maximum absolute atomic E-state index is 6.26. The third-order valence-electron chi connectivity index (χ3n) is 2.38. The Bertz CT molecular complexity index is 506. The Kier molecular flexibility index (Phi) is 3.84. The molecule has 17 heavy (non-hydrogen) atoms. The van der Waals surface area contributed by atoms with Crippen molar-refractivity contribution in [1.82, 2.24) is 0 Å². The van der Waals surface area contributed by atoms with Gasteiger partial charge in [0.2, 0.25) is 0 Å². The molecule has 0 aromatic heterocycles. The molecule has 0 N–H and O–H groups in total. The molecule has 0 unspecified atom stereocenters. The van der Waals surface area contributed by atoms with E-state index in [1.807, 2.05) is 54.6 Å². The minimum Gasteiger partial charge on any atom is -0.456 e. The van der Waals surface area contributed by atoms with E-state index in [0.717, 1.165) is 17.7 Å². The third kappa shape index (κ3) is 2.89. The van der Waals surface area contributed by atoms with Crippen molar-refractivity contribution in [2.24, 2.45) is 0 Å². The van der Waals surface area contributed by atoms with Gasteiger partial charge in [-0.05, 0) is 30.2 Å². The molecule has 2 aromatic rings. The quantitative estimate of drug-likeness (QED) is 0.698. The minimum absolute atomic E-state index is 0.649. The van der Waals surface area contributed by atoms with Crippen molar-refractivity contribution in [3.05, 3.63) is 71.8 Å². The maximum Gasteiger partial charge on any atom is 0.146 e. The lowest BCUT2D eigenvalue weighted by Gasteiger charge is -2.09. The Morgan fingerprint density at radius 3 is 2.53 bits per heavy atom. The SMILES string of the molecule is C=CCc1cccc(Oc2ccccc2)c1Cl. The molecule has 2 aromatic carbocycles. The molecule has 0 radical (unpaired) electrons. The van der Waals surface area contributed by atoms with Crippen LogP contribution in [0.5, 0.6) is 11.5 Å². The molecule has 0 bridgehead atoms. The van der Waals surface area contributed by atoms with E-state index in [1.165, 1.54) is 0 Å². The van der Waals surface area contributed by atoms with E-state index in [0.29, 0.717) is 10.8 Å². The van der Waals surface area contributed by atoms with Crippen LogP contribution in [0, 0.1) is 0 Å². The summed E-state index contributed by atoms with van der Waals surface area (Å²) in [7, 11) is 0. The fourth-order valence-corrected chi connectivity index (χ4v) is 1.81. The largest absolute Gasteiger partial charge is 0.456 e. The lowest BCUT2D eigenvalue weighted by Crippen LogP contribution is -1.89. The first-order valence-electron chi connectivity index (χ1n) is 5.42. The Morgan fingerprint density at radius 1 is 1.06 bits per heavy atom. The van der Waals surface area contributed by atoms with Gasteiger partial charge in [-0.2, -0.15) is 0 Å². The highest BCUT2D eigenvalue weighted by Gasteiger charge is 2.06. The van der Waals surface area contributed by atoms with Crippen LogP contribution in [0.1, 0.15) is 5.56 Å². The smallest absolute Gasteiger partial charge is 0.146 e. The van der Waals surface area contributed by atoms with E-state index in [9.17, 15) is 0 Å². The van der Waals surface area contributed by atoms with Crippen molar-refractivity contribution in [3.8, 4) is 11.5 Å². The van der Waals surface area contributed by atoms with Gasteiger partial charge in [-0.25, -0.2) is 0 Å². The summed E-state index contributed by atoms with van der Waals surface area (Å²) in [4.78, 5) is 0. The number of rotatable bonds is 4. The summed E-state index contributed by atoms with van der Waals surface area (Å²) < 4.78 is 5.73. The van der Waals surface area contributed by atoms with Gasteiger partial charge in [-0.1, -0.05) is 48.0 Å². The van der Waals surface area contributed by atoms with E-state index in [2.05, 4.69) is 6.58 Å². The summed E-state index contributed by atoms with van der Waals surface area (Å²) in [6.45, 7) is 3.71. The Morgan fingerprint density at radius 2 is 1.82 bits per heavy atom. The van der Waals surface area contributed by atoms with Crippen LogP contribution in [0.15, 0.2) is 61.2 Å². The number of para-hydroxylation sites is 1. The molecule has 0 atom stereocenters. The summed E-state index contributed by atoms with van der Waals surface area (Å²) in [5.41, 5.74) is 1.02. The molecule has 0 amide bonds. The Labute approximate surface area is 106 Å². The van der Waals surface area contributed by atoms with Crippen molar-refractivity contribution in [2.75, 3.05) is 0 Å². The average Bonchev–Trinajstić information content (AvgIpc) is 2.36. The zero-order valence-electron chi connectivity index (χ0n) is 9.40. The molecule has 86 valence electrons. The van der Waals surface area contributed by atoms with Gasteiger partial charge in [0.1, 0.15) is 11.5 Å². The normalized spacial score (nSPS) is 9.94. The zero-order chi connectivity index (χ0) is 12.1. The molecule has 0 saturated heterocycles. The number of ether oxygens (including phenoxy) is 1. The lowest BCUT2D eigenvalue weighted by atomic mass is 10.1. The van der Waals surface area contributed by atoms with Gasteiger partial charge < -0.3 is 4.74 Å². The highest BCUT2D eigenvalue weighted by Crippen LogP contribution is 2.32. The van der Waals surface area contributed by atoms with Crippen molar-refractivity contribution >= 4 is 11.6 Å². The van der Waals surface area contributed by atoms with Gasteiger partial charge in [-0.3, -0.25) is 0 Å². The highest BCUT2D eigenvalue weighted by atomic mass is 35.5. The number of hydrogen-bond acceptors (Lipinski definition) is 1. The average molecular weight is 245 g/mol. The first-order chi connectivity index (χ1) is 8.31. The molecule has 0 fully saturated rings. The zero-order valence-corrected chi connectivity index (χ0v) is 10.2. The minimum atomic E-state index is 0.649. The summed E-state index contributed by atoms with van der Waals surface area (Å²) >= 11 is 6.26. The lowest BCUT2D eigenvalue weighted by molar-refractivity contribution is 0.482. The second-order valence-electron chi connectivity index (χ2n) is 3.64. The van der Waals surface area contributed by atoms with Crippen LogP contribution in [0.25, 0.3) is 0 Å². The van der Waals surface area contributed by atoms with Gasteiger partial charge in [0, 0.05) is 0 Å². The van der Waals surface area contributed by atoms with Crippen molar-refractivity contribution < 1.29 is 4.74 Å². The van der Waals surface area contributed by atoms with Gasteiger partial charge in [0.15, 0.2) is 0 Å². The summed E-state index contributed by atoms with van der Waals surface area (Å²) in [5.74, 6) is 1.46. The second-order valence-corrected chi connectivity index (χ2v) is 4.02. The van der Waals surface area contributed by atoms with Crippen LogP contribution in [0.4, 0.5) is 0 Å². The van der Waals surface area contributed by atoms with Crippen molar-refractivity contribution in [2.45, 2.75) is 6.42 Å². The van der Waals surface area contributed by atoms with E-state index < -0.39 is 0 Å². The molecule has 2 heteroatoms. The molecular weight excluding hydrogens is 232 g/mol. The second kappa shape index (κ2) is 5.55. The fourth-order valence-electron chi connectivity index (χ4n) is 1.56. The van der Waals surface area contributed by atoms with Gasteiger partial charge in [0.25, 0.3) is 0 Å². The molecular formula is C15H13ClO. The van der Waals surface area contributed by atoms with E-state index in [-0.39, 0.29) is 0 Å². The summed E-state index contributed by atoms with van der Waals surface area (Å²) in [5, 5.41) is 0.649. The standard InChI is InChI=1S/C15H13ClO/c1-2-7-12-8-6-11-14(15(12)16)17-13-9-4-3-5-10-13/h2-6,8-11H,1,7H2. The van der Waals surface area contributed by atoms with E-state index in [4.69, 9.17) is 16.3 Å². The molecule has 1 nitrogen and oxygen atoms in total. The molecule has 0 saturated carbocycles. The molecule has 0 spiro atoms. The number of allylic oxidation sites excluding steroid dienone is 1. The van der Waals surface area contributed by atoms with Crippen molar-refractivity contribution in [1.29, 1.82) is 0 Å². The molecule has 0 aliphatic rings. The van der Waals surface area contributed by atoms with Crippen LogP contribution in [0.3, 0.4) is 0 Å². The van der Waals surface area contributed by atoms with E-state index >= 15 is 0 Å². The van der Waals surface area contributed by atoms with Gasteiger partial charge in [-0.15, -0.1) is 6.58 Å². The van der Waals surface area contributed by atoms with Crippen molar-refractivity contribution in [3.63, 3.8) is 0 Å². The predicted octanol–water partition coefficient (Wildman–Crippen LogP) is 4.86. The number of benzene rings is 2. The van der Waals surface area contributed by atoms with E-state index in [1.54, 1.807) is 0 Å². The number of halogens is 1. The van der Waals surface area contributed by atoms with Gasteiger partial charge >= 0.3 is 0 Å². The molecule has 0 heterocycles. The molecule has 0 aliphatic heterocycles. The highest BCUT2D eigenvalue weighted by molar-refractivity contribution is 6.32. The summed E-state index contributed by atoms with van der Waals surface area (Å²) in [6.07, 6.45) is 2.57. The monoisotopic (exact) mass is 244 g/mol. The Balaban J connectivity index is 2.27. The van der Waals surface area contributed by atoms with Crippen LogP contribution >= 0.6 is 11.6 Å². The van der Waals surface area contributed by atoms with Crippen LogP contribution in [-0.4, -0.2) is 0 Å². The molecule has 2 rings (SSSR count). The topological polar surface area (TPSA) is 9.23 Å².